The molecule has 1 heterocycles. The molecular weight excluding hydrogens is 437 g/mol. The number of anilines is 1. The number of rotatable bonds is 7. The molecule has 4 aromatic rings. The van der Waals surface area contributed by atoms with Crippen LogP contribution in [0.2, 0.25) is 0 Å². The normalized spacial score (nSPS) is 14.2. The van der Waals surface area contributed by atoms with Crippen LogP contribution in [-0.4, -0.2) is 15.9 Å². The second-order valence-corrected chi connectivity index (χ2v) is 9.51. The van der Waals surface area contributed by atoms with E-state index in [1.807, 2.05) is 24.3 Å². The SMILES string of the molecule is O=C(Cc1ccc2ccccc2c1)Nc1ncc(-c2ccc(F)cc2)nc1CCC1CCCCC1. The highest BCUT2D eigenvalue weighted by Gasteiger charge is 2.17. The van der Waals surface area contributed by atoms with Crippen molar-refractivity contribution in [2.45, 2.75) is 51.4 Å². The molecule has 0 aliphatic heterocycles. The Bertz CT molecular complexity index is 1310. The molecule has 1 aliphatic carbocycles. The number of hydrogen-bond acceptors (Lipinski definition) is 3. The standard InChI is InChI=1S/C30H30FN3O/c31-26-15-13-24(14-16-26)28-20-32-30(27(33-28)17-11-21-6-2-1-3-7-21)34-29(35)19-22-10-12-23-8-4-5-9-25(23)18-22/h4-5,8-10,12-16,18,20-21H,1-3,6-7,11,17,19H2,(H,32,34,35). The van der Waals surface area contributed by atoms with Crippen LogP contribution in [-0.2, 0) is 17.6 Å². The first kappa shape index (κ1) is 23.2. The molecule has 4 nitrogen and oxygen atoms in total. The molecule has 0 radical (unpaired) electrons. The number of fused-ring (bicyclic) bond motifs is 1. The highest BCUT2D eigenvalue weighted by atomic mass is 19.1. The smallest absolute Gasteiger partial charge is 0.229 e. The van der Waals surface area contributed by atoms with Crippen molar-refractivity contribution in [3.63, 3.8) is 0 Å². The van der Waals surface area contributed by atoms with Crippen molar-refractivity contribution in [3.05, 3.63) is 90.0 Å². The Morgan fingerprint density at radius 1 is 0.943 bits per heavy atom. The number of aryl methyl sites for hydroxylation is 1. The van der Waals surface area contributed by atoms with Gasteiger partial charge in [0.25, 0.3) is 0 Å². The Hall–Kier alpha value is -3.60. The Morgan fingerprint density at radius 2 is 1.71 bits per heavy atom. The lowest BCUT2D eigenvalue weighted by atomic mass is 9.86. The van der Waals surface area contributed by atoms with Gasteiger partial charge in [-0.1, -0.05) is 74.6 Å². The molecule has 0 bridgehead atoms. The van der Waals surface area contributed by atoms with Gasteiger partial charge in [-0.25, -0.2) is 14.4 Å². The summed E-state index contributed by atoms with van der Waals surface area (Å²) in [5.41, 5.74) is 3.26. The number of carbonyl (C=O) groups is 1. The fourth-order valence-corrected chi connectivity index (χ4v) is 4.99. The minimum Gasteiger partial charge on any atom is -0.309 e. The molecule has 1 aliphatic rings. The van der Waals surface area contributed by atoms with Gasteiger partial charge in [-0.3, -0.25) is 4.79 Å². The Balaban J connectivity index is 1.35. The second-order valence-electron chi connectivity index (χ2n) is 9.51. The number of aromatic nitrogens is 2. The van der Waals surface area contributed by atoms with E-state index in [9.17, 15) is 9.18 Å². The summed E-state index contributed by atoms with van der Waals surface area (Å²) in [6, 6.07) is 20.5. The van der Waals surface area contributed by atoms with E-state index in [1.54, 1.807) is 18.3 Å². The third-order valence-electron chi connectivity index (χ3n) is 6.94. The van der Waals surface area contributed by atoms with Crippen LogP contribution >= 0.6 is 0 Å². The fourth-order valence-electron chi connectivity index (χ4n) is 4.99. The van der Waals surface area contributed by atoms with Crippen LogP contribution < -0.4 is 5.32 Å². The molecule has 35 heavy (non-hydrogen) atoms. The molecule has 0 spiro atoms. The minimum absolute atomic E-state index is 0.108. The van der Waals surface area contributed by atoms with Crippen LogP contribution in [0.5, 0.6) is 0 Å². The lowest BCUT2D eigenvalue weighted by Crippen LogP contribution is -2.18. The van der Waals surface area contributed by atoms with Gasteiger partial charge in [-0.2, -0.15) is 0 Å². The Labute approximate surface area is 205 Å². The highest BCUT2D eigenvalue weighted by molar-refractivity contribution is 5.93. The maximum absolute atomic E-state index is 13.4. The zero-order valence-electron chi connectivity index (χ0n) is 19.8. The monoisotopic (exact) mass is 467 g/mol. The van der Waals surface area contributed by atoms with Crippen LogP contribution in [0.4, 0.5) is 10.2 Å². The third-order valence-corrected chi connectivity index (χ3v) is 6.94. The lowest BCUT2D eigenvalue weighted by molar-refractivity contribution is -0.115. The van der Waals surface area contributed by atoms with Gasteiger partial charge in [0.05, 0.1) is 24.0 Å². The third kappa shape index (κ3) is 5.91. The predicted octanol–water partition coefficient (Wildman–Crippen LogP) is 7.13. The molecule has 1 saturated carbocycles. The maximum atomic E-state index is 13.4. The molecule has 178 valence electrons. The summed E-state index contributed by atoms with van der Waals surface area (Å²) in [5.74, 6) is 0.832. The molecule has 0 unspecified atom stereocenters. The van der Waals surface area contributed by atoms with Crippen LogP contribution in [0.1, 0.15) is 49.8 Å². The number of halogens is 1. The van der Waals surface area contributed by atoms with E-state index in [-0.39, 0.29) is 18.1 Å². The van der Waals surface area contributed by atoms with E-state index >= 15 is 0 Å². The molecule has 1 fully saturated rings. The molecule has 5 heteroatoms. The zero-order valence-corrected chi connectivity index (χ0v) is 19.8. The molecular formula is C30H30FN3O. The Kier molecular flexibility index (Phi) is 7.12. The van der Waals surface area contributed by atoms with Crippen molar-refractivity contribution in [2.24, 2.45) is 5.92 Å². The molecule has 1 amide bonds. The van der Waals surface area contributed by atoms with Crippen molar-refractivity contribution in [1.29, 1.82) is 0 Å². The van der Waals surface area contributed by atoms with E-state index in [0.717, 1.165) is 40.4 Å². The van der Waals surface area contributed by atoms with Crippen LogP contribution in [0.3, 0.4) is 0 Å². The summed E-state index contributed by atoms with van der Waals surface area (Å²) in [5, 5.41) is 5.29. The van der Waals surface area contributed by atoms with Gasteiger partial charge >= 0.3 is 0 Å². The topological polar surface area (TPSA) is 54.9 Å². The van der Waals surface area contributed by atoms with Gasteiger partial charge in [0, 0.05) is 5.56 Å². The van der Waals surface area contributed by atoms with Crippen molar-refractivity contribution in [1.82, 2.24) is 9.97 Å². The van der Waals surface area contributed by atoms with Gasteiger partial charge in [-0.15, -0.1) is 0 Å². The molecule has 3 aromatic carbocycles. The van der Waals surface area contributed by atoms with E-state index in [2.05, 4.69) is 28.5 Å². The predicted molar refractivity (Wildman–Crippen MR) is 139 cm³/mol. The summed E-state index contributed by atoms with van der Waals surface area (Å²) in [6.45, 7) is 0. The number of carbonyl (C=O) groups excluding carboxylic acids is 1. The second kappa shape index (κ2) is 10.8. The molecule has 0 saturated heterocycles. The van der Waals surface area contributed by atoms with E-state index < -0.39 is 0 Å². The van der Waals surface area contributed by atoms with Gasteiger partial charge in [-0.05, 0) is 59.4 Å². The fraction of sp³-hybridized carbons (Fsp3) is 0.300. The van der Waals surface area contributed by atoms with Crippen LogP contribution in [0.25, 0.3) is 22.0 Å². The lowest BCUT2D eigenvalue weighted by Gasteiger charge is -2.21. The summed E-state index contributed by atoms with van der Waals surface area (Å²) in [7, 11) is 0. The highest BCUT2D eigenvalue weighted by Crippen LogP contribution is 2.29. The number of nitrogens with zero attached hydrogens (tertiary/aromatic N) is 2. The molecule has 1 N–H and O–H groups in total. The van der Waals surface area contributed by atoms with Crippen molar-refractivity contribution in [3.8, 4) is 11.3 Å². The maximum Gasteiger partial charge on any atom is 0.229 e. The summed E-state index contributed by atoms with van der Waals surface area (Å²) in [6.07, 6.45) is 10.2. The number of amides is 1. The van der Waals surface area contributed by atoms with E-state index in [1.165, 1.54) is 44.2 Å². The van der Waals surface area contributed by atoms with Gasteiger partial charge in [0.1, 0.15) is 5.82 Å². The molecule has 5 rings (SSSR count). The molecule has 1 aromatic heterocycles. The number of hydrogen-bond donors (Lipinski definition) is 1. The van der Waals surface area contributed by atoms with E-state index in [4.69, 9.17) is 4.98 Å². The average molecular weight is 468 g/mol. The number of benzene rings is 3. The average Bonchev–Trinajstić information content (AvgIpc) is 2.89. The van der Waals surface area contributed by atoms with Crippen molar-refractivity contribution < 1.29 is 9.18 Å². The van der Waals surface area contributed by atoms with Gasteiger partial charge < -0.3 is 5.32 Å². The van der Waals surface area contributed by atoms with E-state index in [0.29, 0.717) is 17.4 Å². The summed E-state index contributed by atoms with van der Waals surface area (Å²) >= 11 is 0. The van der Waals surface area contributed by atoms with Crippen LogP contribution in [0, 0.1) is 11.7 Å². The zero-order chi connectivity index (χ0) is 24.0. The largest absolute Gasteiger partial charge is 0.309 e. The number of nitrogens with one attached hydrogen (secondary N) is 1. The van der Waals surface area contributed by atoms with Gasteiger partial charge in [0.15, 0.2) is 5.82 Å². The van der Waals surface area contributed by atoms with Crippen LogP contribution in [0.15, 0.2) is 72.9 Å². The summed E-state index contributed by atoms with van der Waals surface area (Å²) < 4.78 is 13.4. The quantitative estimate of drug-likeness (QED) is 0.314. The van der Waals surface area contributed by atoms with Gasteiger partial charge in [0.2, 0.25) is 5.91 Å². The molecule has 0 atom stereocenters. The van der Waals surface area contributed by atoms with Crippen molar-refractivity contribution in [2.75, 3.05) is 5.32 Å². The first-order chi connectivity index (χ1) is 17.1. The minimum atomic E-state index is -0.281. The van der Waals surface area contributed by atoms with Crippen molar-refractivity contribution >= 4 is 22.5 Å². The Morgan fingerprint density at radius 3 is 2.51 bits per heavy atom. The summed E-state index contributed by atoms with van der Waals surface area (Å²) in [4.78, 5) is 22.4. The first-order valence-electron chi connectivity index (χ1n) is 12.5. The first-order valence-corrected chi connectivity index (χ1v) is 12.5.